The fraction of sp³-hybridized carbons (Fsp3) is 0.400. The summed E-state index contributed by atoms with van der Waals surface area (Å²) in [6.07, 6.45) is 2.47. The van der Waals surface area contributed by atoms with Gasteiger partial charge in [0.2, 0.25) is 0 Å². The van der Waals surface area contributed by atoms with Crippen LogP contribution in [0.1, 0.15) is 23.3 Å². The van der Waals surface area contributed by atoms with Gasteiger partial charge in [-0.15, -0.1) is 21.5 Å². The molecule has 1 fully saturated rings. The molecule has 1 aliphatic rings. The number of thiophene rings is 1. The number of thioether (sulfide) groups is 1. The lowest BCUT2D eigenvalue weighted by Gasteiger charge is -2.14. The molecule has 0 amide bonds. The molecule has 27 heavy (non-hydrogen) atoms. The molecule has 0 bridgehead atoms. The molecule has 0 radical (unpaired) electrons. The van der Waals surface area contributed by atoms with Crippen molar-refractivity contribution in [1.82, 2.24) is 14.8 Å². The van der Waals surface area contributed by atoms with Gasteiger partial charge in [-0.3, -0.25) is 4.57 Å². The number of methoxy groups -OCH3 is 1. The summed E-state index contributed by atoms with van der Waals surface area (Å²) in [6, 6.07) is 10.3. The Balaban J connectivity index is 1.57. The predicted molar refractivity (Wildman–Crippen MR) is 110 cm³/mol. The van der Waals surface area contributed by atoms with Crippen LogP contribution in [0.4, 0.5) is 0 Å². The third kappa shape index (κ3) is 4.36. The Kier molecular flexibility index (Phi) is 5.80. The Labute approximate surface area is 167 Å². The van der Waals surface area contributed by atoms with Gasteiger partial charge in [0, 0.05) is 28.2 Å². The quantitative estimate of drug-likeness (QED) is 0.533. The largest absolute Gasteiger partial charge is 0.497 e. The fourth-order valence-electron chi connectivity index (χ4n) is 3.24. The Morgan fingerprint density at radius 1 is 1.33 bits per heavy atom. The minimum atomic E-state index is 0.246. The summed E-state index contributed by atoms with van der Waals surface area (Å²) < 4.78 is 13.4. The van der Waals surface area contributed by atoms with Crippen LogP contribution in [-0.2, 0) is 17.0 Å². The van der Waals surface area contributed by atoms with Crippen LogP contribution in [0.3, 0.4) is 0 Å². The van der Waals surface area contributed by atoms with Crippen LogP contribution in [-0.4, -0.2) is 34.6 Å². The van der Waals surface area contributed by atoms with Crippen molar-refractivity contribution in [3.05, 3.63) is 46.2 Å². The summed E-state index contributed by atoms with van der Waals surface area (Å²) in [7, 11) is 1.69. The molecule has 1 atom stereocenters. The van der Waals surface area contributed by atoms with Gasteiger partial charge in [0.05, 0.1) is 19.8 Å². The van der Waals surface area contributed by atoms with Crippen LogP contribution >= 0.6 is 23.1 Å². The maximum absolute atomic E-state index is 5.87. The van der Waals surface area contributed by atoms with Crippen molar-refractivity contribution < 1.29 is 9.47 Å². The van der Waals surface area contributed by atoms with Crippen LogP contribution in [0.15, 0.2) is 40.9 Å². The van der Waals surface area contributed by atoms with Crippen molar-refractivity contribution >= 4 is 23.1 Å². The van der Waals surface area contributed by atoms with E-state index in [1.807, 2.05) is 12.1 Å². The van der Waals surface area contributed by atoms with Gasteiger partial charge in [-0.1, -0.05) is 23.9 Å². The Hall–Kier alpha value is -1.83. The molecule has 1 aromatic carbocycles. The van der Waals surface area contributed by atoms with Crippen molar-refractivity contribution in [2.24, 2.45) is 0 Å². The van der Waals surface area contributed by atoms with Gasteiger partial charge in [0.15, 0.2) is 11.0 Å². The van der Waals surface area contributed by atoms with Gasteiger partial charge in [-0.25, -0.2) is 0 Å². The van der Waals surface area contributed by atoms with E-state index in [0.717, 1.165) is 54.0 Å². The number of ether oxygens (including phenoxy) is 2. The normalized spacial score (nSPS) is 16.7. The van der Waals surface area contributed by atoms with Crippen molar-refractivity contribution in [2.75, 3.05) is 13.7 Å². The second-order valence-corrected chi connectivity index (χ2v) is 8.70. The highest BCUT2D eigenvalue weighted by Gasteiger charge is 2.22. The van der Waals surface area contributed by atoms with E-state index >= 15 is 0 Å². The molecule has 7 heteroatoms. The minimum absolute atomic E-state index is 0.246. The first-order valence-electron chi connectivity index (χ1n) is 9.09. The van der Waals surface area contributed by atoms with Crippen molar-refractivity contribution in [1.29, 1.82) is 0 Å². The number of rotatable bonds is 7. The van der Waals surface area contributed by atoms with Crippen LogP contribution in [0.5, 0.6) is 5.75 Å². The highest BCUT2D eigenvalue weighted by molar-refractivity contribution is 7.98. The van der Waals surface area contributed by atoms with Gasteiger partial charge < -0.3 is 9.47 Å². The zero-order chi connectivity index (χ0) is 18.6. The zero-order valence-electron chi connectivity index (χ0n) is 15.6. The molecule has 0 aliphatic carbocycles. The van der Waals surface area contributed by atoms with Gasteiger partial charge >= 0.3 is 0 Å². The minimum Gasteiger partial charge on any atom is -0.497 e. The van der Waals surface area contributed by atoms with Crippen molar-refractivity contribution in [2.45, 2.75) is 43.3 Å². The van der Waals surface area contributed by atoms with Gasteiger partial charge in [0.1, 0.15) is 5.75 Å². The fourth-order valence-corrected chi connectivity index (χ4v) is 4.81. The van der Waals surface area contributed by atoms with E-state index in [9.17, 15) is 0 Å². The third-order valence-corrected chi connectivity index (χ3v) is 6.52. The summed E-state index contributed by atoms with van der Waals surface area (Å²) in [4.78, 5) is 1.28. The smallest absolute Gasteiger partial charge is 0.191 e. The van der Waals surface area contributed by atoms with E-state index in [1.165, 1.54) is 10.4 Å². The Morgan fingerprint density at radius 3 is 3.00 bits per heavy atom. The van der Waals surface area contributed by atoms with E-state index in [4.69, 9.17) is 9.47 Å². The van der Waals surface area contributed by atoms with Crippen LogP contribution in [0.2, 0.25) is 0 Å². The molecule has 0 saturated carbocycles. The molecule has 5 nitrogen and oxygen atoms in total. The summed E-state index contributed by atoms with van der Waals surface area (Å²) in [6.45, 7) is 3.77. The molecule has 2 aromatic heterocycles. The average Bonchev–Trinajstić information content (AvgIpc) is 3.42. The lowest BCUT2D eigenvalue weighted by atomic mass is 10.2. The highest BCUT2D eigenvalue weighted by Crippen LogP contribution is 2.30. The molecule has 3 heterocycles. The summed E-state index contributed by atoms with van der Waals surface area (Å²) >= 11 is 3.45. The van der Waals surface area contributed by atoms with E-state index in [0.29, 0.717) is 0 Å². The van der Waals surface area contributed by atoms with Crippen LogP contribution < -0.4 is 4.74 Å². The van der Waals surface area contributed by atoms with Gasteiger partial charge in [-0.05, 0) is 43.5 Å². The topological polar surface area (TPSA) is 49.2 Å². The average molecular weight is 402 g/mol. The molecule has 1 aliphatic heterocycles. The van der Waals surface area contributed by atoms with Crippen LogP contribution in [0.25, 0.3) is 11.4 Å². The number of hydrogen-bond acceptors (Lipinski definition) is 6. The number of aryl methyl sites for hydroxylation is 1. The Bertz CT molecular complexity index is 900. The molecule has 4 rings (SSSR count). The number of nitrogens with zero attached hydrogens (tertiary/aromatic N) is 3. The predicted octanol–water partition coefficient (Wildman–Crippen LogP) is 4.79. The number of benzene rings is 1. The van der Waals surface area contributed by atoms with E-state index in [1.54, 1.807) is 30.2 Å². The third-order valence-electron chi connectivity index (χ3n) is 4.62. The zero-order valence-corrected chi connectivity index (χ0v) is 17.2. The first-order chi connectivity index (χ1) is 13.2. The van der Waals surface area contributed by atoms with Crippen molar-refractivity contribution in [3.8, 4) is 17.1 Å². The molecule has 3 aromatic rings. The molecule has 1 unspecified atom stereocenters. The summed E-state index contributed by atoms with van der Waals surface area (Å²) in [5.41, 5.74) is 2.34. The van der Waals surface area contributed by atoms with Gasteiger partial charge in [-0.2, -0.15) is 0 Å². The maximum atomic E-state index is 5.87. The van der Waals surface area contributed by atoms with Gasteiger partial charge in [0.25, 0.3) is 0 Å². The molecular weight excluding hydrogens is 378 g/mol. The van der Waals surface area contributed by atoms with E-state index < -0.39 is 0 Å². The molecule has 0 spiro atoms. The number of aromatic nitrogens is 3. The van der Waals surface area contributed by atoms with Crippen LogP contribution in [0, 0.1) is 6.92 Å². The van der Waals surface area contributed by atoms with E-state index in [2.05, 4.69) is 45.3 Å². The second kappa shape index (κ2) is 8.46. The van der Waals surface area contributed by atoms with Crippen molar-refractivity contribution in [3.63, 3.8) is 0 Å². The summed E-state index contributed by atoms with van der Waals surface area (Å²) in [5.74, 6) is 2.63. The summed E-state index contributed by atoms with van der Waals surface area (Å²) in [5, 5.41) is 12.1. The standard InChI is InChI=1S/C20H23N3O2S2/c1-14-9-16(13-26-14)19-21-22-20(23(19)11-18-7-4-8-25-18)27-12-15-5-3-6-17(10-15)24-2/h3,5-6,9-10,13,18H,4,7-8,11-12H2,1-2H3. The lowest BCUT2D eigenvalue weighted by Crippen LogP contribution is -2.16. The molecule has 1 saturated heterocycles. The maximum Gasteiger partial charge on any atom is 0.191 e. The molecule has 142 valence electrons. The lowest BCUT2D eigenvalue weighted by molar-refractivity contribution is 0.0953. The highest BCUT2D eigenvalue weighted by atomic mass is 32.2. The second-order valence-electron chi connectivity index (χ2n) is 6.64. The SMILES string of the molecule is COc1cccc(CSc2nnc(-c3csc(C)c3)n2CC2CCCO2)c1. The molecular formula is C20H23N3O2S2. The monoisotopic (exact) mass is 401 g/mol. The Morgan fingerprint density at radius 2 is 2.26 bits per heavy atom. The first-order valence-corrected chi connectivity index (χ1v) is 11.0. The molecule has 0 N–H and O–H groups in total. The first kappa shape index (κ1) is 18.5. The van der Waals surface area contributed by atoms with E-state index in [-0.39, 0.29) is 6.10 Å². The number of hydrogen-bond donors (Lipinski definition) is 0.